The summed E-state index contributed by atoms with van der Waals surface area (Å²) in [5.41, 5.74) is 0.220. The van der Waals surface area contributed by atoms with Crippen molar-refractivity contribution in [2.75, 3.05) is 26.2 Å². The second-order valence-corrected chi connectivity index (χ2v) is 7.76. The van der Waals surface area contributed by atoms with Crippen molar-refractivity contribution >= 4 is 0 Å². The Morgan fingerprint density at radius 2 is 1.74 bits per heavy atom. The molecule has 0 spiro atoms. The second-order valence-electron chi connectivity index (χ2n) is 7.76. The maximum Gasteiger partial charge on any atom is 0.116 e. The van der Waals surface area contributed by atoms with Crippen LogP contribution in [0.15, 0.2) is 30.3 Å². The molecule has 1 aromatic carbocycles. The molecule has 5 rings (SSSR count). The van der Waals surface area contributed by atoms with E-state index >= 15 is 0 Å². The smallest absolute Gasteiger partial charge is 0.116 e. The molecule has 1 unspecified atom stereocenters. The lowest BCUT2D eigenvalue weighted by Gasteiger charge is -2.46. The summed E-state index contributed by atoms with van der Waals surface area (Å²) >= 11 is 0. The second kappa shape index (κ2) is 6.54. The summed E-state index contributed by atoms with van der Waals surface area (Å²) in [4.78, 5) is 2.52. The topological polar surface area (TPSA) is 32.7 Å². The van der Waals surface area contributed by atoms with Gasteiger partial charge in [-0.3, -0.25) is 0 Å². The molecule has 1 aliphatic carbocycles. The molecule has 126 valence electrons. The highest BCUT2D eigenvalue weighted by molar-refractivity contribution is 5.24. The molecule has 4 aliphatic rings. The molecule has 0 amide bonds. The fraction of sp³-hybridized carbons (Fsp3) is 0.700. The molecule has 0 radical (unpaired) electrons. The van der Waals surface area contributed by atoms with Crippen LogP contribution < -0.4 is 0 Å². The molecule has 1 N–H and O–H groups in total. The van der Waals surface area contributed by atoms with Gasteiger partial charge >= 0.3 is 0 Å². The lowest BCUT2D eigenvalue weighted by molar-refractivity contribution is -0.143. The summed E-state index contributed by atoms with van der Waals surface area (Å²) in [6.45, 7) is 3.98. The quantitative estimate of drug-likeness (QED) is 0.906. The van der Waals surface area contributed by atoms with Gasteiger partial charge in [0.25, 0.3) is 0 Å². The lowest BCUT2D eigenvalue weighted by Crippen LogP contribution is -2.53. The summed E-state index contributed by atoms with van der Waals surface area (Å²) in [6.07, 6.45) is 7.55. The number of fused-ring (bicyclic) bond motifs is 3. The first-order chi connectivity index (χ1) is 11.3. The molecule has 2 atom stereocenters. The monoisotopic (exact) mass is 315 g/mol. The van der Waals surface area contributed by atoms with Crippen molar-refractivity contribution in [1.82, 2.24) is 4.90 Å². The van der Waals surface area contributed by atoms with E-state index in [1.54, 1.807) is 0 Å². The zero-order chi connectivity index (χ0) is 15.7. The van der Waals surface area contributed by atoms with Crippen molar-refractivity contribution in [3.05, 3.63) is 35.9 Å². The fourth-order valence-corrected chi connectivity index (χ4v) is 4.90. The molecule has 3 saturated heterocycles. The number of benzene rings is 1. The van der Waals surface area contributed by atoms with Crippen LogP contribution >= 0.6 is 0 Å². The number of hydrogen-bond donors (Lipinski definition) is 1. The molecule has 3 heteroatoms. The van der Waals surface area contributed by atoms with Crippen molar-refractivity contribution in [3.8, 4) is 0 Å². The zero-order valence-corrected chi connectivity index (χ0v) is 14.0. The molecule has 3 heterocycles. The molecule has 1 saturated carbocycles. The molecule has 1 aromatic rings. The Morgan fingerprint density at radius 3 is 2.35 bits per heavy atom. The Labute approximate surface area is 139 Å². The van der Waals surface area contributed by atoms with E-state index in [0.29, 0.717) is 24.5 Å². The van der Waals surface area contributed by atoms with Crippen LogP contribution in [0.5, 0.6) is 0 Å². The SMILES string of the molecule is O[C@@](COC1CN2CCC1CC2)(c1ccccc1)C1CCCC1. The number of nitrogens with zero attached hydrogens (tertiary/aromatic N) is 1. The number of hydrogen-bond acceptors (Lipinski definition) is 3. The molecule has 4 fully saturated rings. The standard InChI is InChI=1S/C20H29NO2/c22-20(18-8-4-5-9-18,17-6-2-1-3-7-17)15-23-19-14-21-12-10-16(19)11-13-21/h1-3,6-7,16,18-19,22H,4-5,8-15H2/t19?,20-/m0/s1. The van der Waals surface area contributed by atoms with Gasteiger partial charge in [-0.05, 0) is 56.2 Å². The highest BCUT2D eigenvalue weighted by Crippen LogP contribution is 2.41. The molecule has 3 aliphatic heterocycles. The molecule has 0 aromatic heterocycles. The highest BCUT2D eigenvalue weighted by atomic mass is 16.5. The Bertz CT molecular complexity index is 506. The third-order valence-corrected chi connectivity index (χ3v) is 6.42. The minimum Gasteiger partial charge on any atom is -0.382 e. The van der Waals surface area contributed by atoms with Crippen LogP contribution in [0.1, 0.15) is 44.1 Å². The first-order valence-corrected chi connectivity index (χ1v) is 9.37. The Kier molecular flexibility index (Phi) is 4.44. The number of aliphatic hydroxyl groups is 1. The molecule has 2 bridgehead atoms. The fourth-order valence-electron chi connectivity index (χ4n) is 4.90. The van der Waals surface area contributed by atoms with E-state index < -0.39 is 5.60 Å². The average molecular weight is 315 g/mol. The minimum absolute atomic E-state index is 0.314. The van der Waals surface area contributed by atoms with Crippen molar-refractivity contribution < 1.29 is 9.84 Å². The maximum atomic E-state index is 11.5. The van der Waals surface area contributed by atoms with Crippen molar-refractivity contribution in [3.63, 3.8) is 0 Å². The predicted octanol–water partition coefficient (Wildman–Crippen LogP) is 3.18. The summed E-state index contributed by atoms with van der Waals surface area (Å²) in [5.74, 6) is 1.04. The van der Waals surface area contributed by atoms with E-state index in [1.807, 2.05) is 18.2 Å². The van der Waals surface area contributed by atoms with Gasteiger partial charge in [-0.1, -0.05) is 43.2 Å². The van der Waals surface area contributed by atoms with Crippen LogP contribution in [0.3, 0.4) is 0 Å². The van der Waals surface area contributed by atoms with E-state index in [1.165, 1.54) is 38.8 Å². The largest absolute Gasteiger partial charge is 0.382 e. The highest BCUT2D eigenvalue weighted by Gasteiger charge is 2.42. The Hall–Kier alpha value is -0.900. The van der Waals surface area contributed by atoms with Crippen LogP contribution in [-0.4, -0.2) is 42.4 Å². The van der Waals surface area contributed by atoms with Crippen LogP contribution in [0.2, 0.25) is 0 Å². The number of piperidine rings is 3. The summed E-state index contributed by atoms with van der Waals surface area (Å²) < 4.78 is 6.36. The van der Waals surface area contributed by atoms with E-state index in [9.17, 15) is 5.11 Å². The number of ether oxygens (including phenoxy) is 1. The molecule has 3 nitrogen and oxygen atoms in total. The van der Waals surface area contributed by atoms with E-state index in [-0.39, 0.29) is 0 Å². The van der Waals surface area contributed by atoms with Gasteiger partial charge in [-0.15, -0.1) is 0 Å². The van der Waals surface area contributed by atoms with Crippen LogP contribution in [0, 0.1) is 11.8 Å². The van der Waals surface area contributed by atoms with Gasteiger partial charge in [0.05, 0.1) is 12.7 Å². The van der Waals surface area contributed by atoms with Gasteiger partial charge in [-0.25, -0.2) is 0 Å². The summed E-state index contributed by atoms with van der Waals surface area (Å²) in [7, 11) is 0. The van der Waals surface area contributed by atoms with Gasteiger partial charge < -0.3 is 14.7 Å². The van der Waals surface area contributed by atoms with Crippen molar-refractivity contribution in [2.24, 2.45) is 11.8 Å². The van der Waals surface area contributed by atoms with Crippen molar-refractivity contribution in [1.29, 1.82) is 0 Å². The third-order valence-electron chi connectivity index (χ3n) is 6.42. The molecular formula is C20H29NO2. The summed E-state index contributed by atoms with van der Waals surface area (Å²) in [5, 5.41) is 11.5. The minimum atomic E-state index is -0.816. The van der Waals surface area contributed by atoms with Crippen LogP contribution in [-0.2, 0) is 10.3 Å². The van der Waals surface area contributed by atoms with Gasteiger partial charge in [0.1, 0.15) is 5.60 Å². The first kappa shape index (κ1) is 15.6. The lowest BCUT2D eigenvalue weighted by atomic mass is 9.80. The van der Waals surface area contributed by atoms with Gasteiger partial charge in [-0.2, -0.15) is 0 Å². The van der Waals surface area contributed by atoms with E-state index in [0.717, 1.165) is 24.9 Å². The third kappa shape index (κ3) is 3.07. The Morgan fingerprint density at radius 1 is 1.04 bits per heavy atom. The van der Waals surface area contributed by atoms with Crippen LogP contribution in [0.4, 0.5) is 0 Å². The Balaban J connectivity index is 1.49. The van der Waals surface area contributed by atoms with E-state index in [2.05, 4.69) is 17.0 Å². The summed E-state index contributed by atoms with van der Waals surface area (Å²) in [6, 6.07) is 10.2. The normalized spacial score (nSPS) is 33.7. The molecule has 23 heavy (non-hydrogen) atoms. The number of rotatable bonds is 5. The predicted molar refractivity (Wildman–Crippen MR) is 91.2 cm³/mol. The zero-order valence-electron chi connectivity index (χ0n) is 14.0. The molecular weight excluding hydrogens is 286 g/mol. The van der Waals surface area contributed by atoms with Crippen molar-refractivity contribution in [2.45, 2.75) is 50.2 Å². The maximum absolute atomic E-state index is 11.5. The van der Waals surface area contributed by atoms with Gasteiger partial charge in [0.15, 0.2) is 0 Å². The van der Waals surface area contributed by atoms with E-state index in [4.69, 9.17) is 4.74 Å². The van der Waals surface area contributed by atoms with Gasteiger partial charge in [0.2, 0.25) is 0 Å². The van der Waals surface area contributed by atoms with Gasteiger partial charge in [0, 0.05) is 6.54 Å². The average Bonchev–Trinajstić information content (AvgIpc) is 3.17. The van der Waals surface area contributed by atoms with Crippen LogP contribution in [0.25, 0.3) is 0 Å². The first-order valence-electron chi connectivity index (χ1n) is 9.37.